The topological polar surface area (TPSA) is 73.7 Å². The van der Waals surface area contributed by atoms with Crippen LogP contribution < -0.4 is 0 Å². The molecule has 0 radical (unpaired) electrons. The molecule has 2 atom stereocenters. The second-order valence-corrected chi connectivity index (χ2v) is 6.99. The van der Waals surface area contributed by atoms with Crippen molar-refractivity contribution in [3.63, 3.8) is 0 Å². The number of nitrogens with zero attached hydrogens (tertiary/aromatic N) is 2. The van der Waals surface area contributed by atoms with Gasteiger partial charge in [0.2, 0.25) is 0 Å². The van der Waals surface area contributed by atoms with Crippen LogP contribution in [0.3, 0.4) is 0 Å². The predicted molar refractivity (Wildman–Crippen MR) is 73.3 cm³/mol. The fourth-order valence-electron chi connectivity index (χ4n) is 2.21. The van der Waals surface area contributed by atoms with E-state index in [1.54, 1.807) is 16.2 Å². The summed E-state index contributed by atoms with van der Waals surface area (Å²) >= 11 is 1.55. The van der Waals surface area contributed by atoms with Crippen molar-refractivity contribution in [3.8, 4) is 0 Å². The maximum absolute atomic E-state index is 11.1. The number of thiazole rings is 1. The number of carboxylic acid groups (broad SMARTS) is 1. The van der Waals surface area contributed by atoms with Crippen LogP contribution in [0.5, 0.6) is 0 Å². The molecule has 1 aromatic heterocycles. The van der Waals surface area contributed by atoms with Gasteiger partial charge in [0, 0.05) is 23.8 Å². The first-order valence-corrected chi connectivity index (χ1v) is 7.25. The minimum Gasteiger partial charge on any atom is -0.480 e. The molecule has 0 aromatic carbocycles. The first-order chi connectivity index (χ1) is 8.77. The van der Waals surface area contributed by atoms with E-state index >= 15 is 0 Å². The molecule has 6 heteroatoms. The first kappa shape index (κ1) is 14.4. The first-order valence-electron chi connectivity index (χ1n) is 6.37. The molecule has 2 N–H and O–H groups in total. The van der Waals surface area contributed by atoms with Crippen LogP contribution in [0.15, 0.2) is 5.38 Å². The Morgan fingerprint density at radius 2 is 2.26 bits per heavy atom. The Kier molecular flexibility index (Phi) is 3.94. The molecule has 1 fully saturated rings. The minimum absolute atomic E-state index is 0.00543. The molecule has 2 heterocycles. The third-order valence-electron chi connectivity index (χ3n) is 3.32. The van der Waals surface area contributed by atoms with Crippen LogP contribution in [-0.2, 0) is 16.8 Å². The molecule has 1 aliphatic rings. The molecule has 0 aliphatic carbocycles. The maximum Gasteiger partial charge on any atom is 0.321 e. The molecule has 0 saturated carbocycles. The van der Waals surface area contributed by atoms with E-state index in [-0.39, 0.29) is 5.41 Å². The number of aromatic nitrogens is 1. The van der Waals surface area contributed by atoms with E-state index in [1.165, 1.54) is 0 Å². The van der Waals surface area contributed by atoms with Crippen LogP contribution in [-0.4, -0.2) is 44.8 Å². The summed E-state index contributed by atoms with van der Waals surface area (Å²) in [7, 11) is 0. The van der Waals surface area contributed by atoms with Crippen molar-refractivity contribution >= 4 is 17.3 Å². The smallest absolute Gasteiger partial charge is 0.321 e. The molecule has 1 aromatic rings. The number of β-amino-alcohol motifs (C(OH)–C–C–N with tert-alkyl or cyclic N) is 1. The molecule has 0 spiro atoms. The fourth-order valence-corrected chi connectivity index (χ4v) is 3.26. The summed E-state index contributed by atoms with van der Waals surface area (Å²) < 4.78 is 0. The molecular weight excluding hydrogens is 264 g/mol. The van der Waals surface area contributed by atoms with Crippen molar-refractivity contribution < 1.29 is 15.0 Å². The quantitative estimate of drug-likeness (QED) is 0.879. The van der Waals surface area contributed by atoms with Crippen LogP contribution in [0.1, 0.15) is 37.9 Å². The van der Waals surface area contributed by atoms with Crippen molar-refractivity contribution in [2.75, 3.05) is 6.54 Å². The Bertz CT molecular complexity index is 467. The normalized spacial score (nSPS) is 24.8. The van der Waals surface area contributed by atoms with Gasteiger partial charge < -0.3 is 10.2 Å². The number of carbonyl (C=O) groups is 1. The van der Waals surface area contributed by atoms with Crippen LogP contribution >= 0.6 is 11.3 Å². The Labute approximate surface area is 116 Å². The predicted octanol–water partition coefficient (Wildman–Crippen LogP) is 1.46. The monoisotopic (exact) mass is 284 g/mol. The van der Waals surface area contributed by atoms with Crippen LogP contribution in [0.2, 0.25) is 0 Å². The lowest BCUT2D eigenvalue weighted by atomic mass is 9.93. The highest BCUT2D eigenvalue weighted by atomic mass is 32.1. The average Bonchev–Trinajstić information content (AvgIpc) is 2.85. The molecule has 1 saturated heterocycles. The highest BCUT2D eigenvalue weighted by molar-refractivity contribution is 7.09. The van der Waals surface area contributed by atoms with Crippen molar-refractivity contribution in [3.05, 3.63) is 16.1 Å². The summed E-state index contributed by atoms with van der Waals surface area (Å²) in [6, 6.07) is -0.600. The second kappa shape index (κ2) is 5.19. The zero-order valence-electron chi connectivity index (χ0n) is 11.5. The number of aliphatic carboxylic acids is 1. The molecule has 0 bridgehead atoms. The van der Waals surface area contributed by atoms with Gasteiger partial charge in [0.1, 0.15) is 11.0 Å². The standard InChI is InChI=1S/C13H20N2O3S/c1-13(2,3)10-7-19-11(14-10)6-15-5-8(16)4-9(15)12(17)18/h7-9,16H,4-6H2,1-3H3,(H,17,18). The van der Waals surface area contributed by atoms with Gasteiger partial charge in [-0.1, -0.05) is 20.8 Å². The van der Waals surface area contributed by atoms with Crippen LogP contribution in [0, 0.1) is 0 Å². The fraction of sp³-hybridized carbons (Fsp3) is 0.692. The summed E-state index contributed by atoms with van der Waals surface area (Å²) in [6.45, 7) is 7.21. The molecule has 106 valence electrons. The minimum atomic E-state index is -0.871. The number of hydrogen-bond acceptors (Lipinski definition) is 5. The Morgan fingerprint density at radius 3 is 2.79 bits per heavy atom. The largest absolute Gasteiger partial charge is 0.480 e. The highest BCUT2D eigenvalue weighted by Crippen LogP contribution is 2.26. The lowest BCUT2D eigenvalue weighted by molar-refractivity contribution is -0.142. The van der Waals surface area contributed by atoms with Gasteiger partial charge in [-0.25, -0.2) is 4.98 Å². The van der Waals surface area contributed by atoms with Gasteiger partial charge in [0.25, 0.3) is 0 Å². The van der Waals surface area contributed by atoms with Gasteiger partial charge in [-0.05, 0) is 0 Å². The second-order valence-electron chi connectivity index (χ2n) is 6.05. The van der Waals surface area contributed by atoms with E-state index in [2.05, 4.69) is 25.8 Å². The summed E-state index contributed by atoms with van der Waals surface area (Å²) in [5.74, 6) is -0.871. The van der Waals surface area contributed by atoms with Gasteiger partial charge in [-0.15, -0.1) is 11.3 Å². The van der Waals surface area contributed by atoms with E-state index in [0.717, 1.165) is 10.7 Å². The zero-order valence-corrected chi connectivity index (χ0v) is 12.3. The molecule has 19 heavy (non-hydrogen) atoms. The number of carboxylic acids is 1. The zero-order chi connectivity index (χ0) is 14.2. The van der Waals surface area contributed by atoms with Crippen molar-refractivity contribution in [2.45, 2.75) is 51.3 Å². The average molecular weight is 284 g/mol. The number of aliphatic hydroxyl groups is 1. The van der Waals surface area contributed by atoms with Gasteiger partial charge in [0.15, 0.2) is 0 Å². The van der Waals surface area contributed by atoms with E-state index in [1.807, 2.05) is 5.38 Å². The van der Waals surface area contributed by atoms with E-state index in [4.69, 9.17) is 5.11 Å². The van der Waals surface area contributed by atoms with Gasteiger partial charge >= 0.3 is 5.97 Å². The third kappa shape index (κ3) is 3.32. The molecule has 5 nitrogen and oxygen atoms in total. The van der Waals surface area contributed by atoms with E-state index < -0.39 is 18.1 Å². The number of likely N-dealkylation sites (tertiary alicyclic amines) is 1. The molecule has 1 aliphatic heterocycles. The summed E-state index contributed by atoms with van der Waals surface area (Å²) in [5, 5.41) is 21.7. The Morgan fingerprint density at radius 1 is 1.58 bits per heavy atom. The molecular formula is C13H20N2O3S. The number of rotatable bonds is 3. The maximum atomic E-state index is 11.1. The van der Waals surface area contributed by atoms with Crippen molar-refractivity contribution in [1.29, 1.82) is 0 Å². The number of hydrogen-bond donors (Lipinski definition) is 2. The molecule has 2 unspecified atom stereocenters. The van der Waals surface area contributed by atoms with Crippen LogP contribution in [0.4, 0.5) is 0 Å². The third-order valence-corrected chi connectivity index (χ3v) is 4.16. The SMILES string of the molecule is CC(C)(C)c1csc(CN2CC(O)CC2C(=O)O)n1. The molecule has 2 rings (SSSR count). The van der Waals surface area contributed by atoms with Gasteiger partial charge in [-0.2, -0.15) is 0 Å². The van der Waals surface area contributed by atoms with E-state index in [9.17, 15) is 9.90 Å². The summed E-state index contributed by atoms with van der Waals surface area (Å²) in [4.78, 5) is 17.5. The highest BCUT2D eigenvalue weighted by Gasteiger charge is 2.36. The van der Waals surface area contributed by atoms with Crippen molar-refractivity contribution in [2.24, 2.45) is 0 Å². The van der Waals surface area contributed by atoms with Crippen LogP contribution in [0.25, 0.3) is 0 Å². The number of aliphatic hydroxyl groups excluding tert-OH is 1. The van der Waals surface area contributed by atoms with Gasteiger partial charge in [-0.3, -0.25) is 9.69 Å². The van der Waals surface area contributed by atoms with E-state index in [0.29, 0.717) is 19.5 Å². The molecule has 0 amide bonds. The van der Waals surface area contributed by atoms with Gasteiger partial charge in [0.05, 0.1) is 18.3 Å². The van der Waals surface area contributed by atoms with Crippen molar-refractivity contribution in [1.82, 2.24) is 9.88 Å². The Balaban J connectivity index is 2.08. The lowest BCUT2D eigenvalue weighted by Gasteiger charge is -2.19. The summed E-state index contributed by atoms with van der Waals surface area (Å²) in [6.07, 6.45) is -0.254. The lowest BCUT2D eigenvalue weighted by Crippen LogP contribution is -2.35. The summed E-state index contributed by atoms with van der Waals surface area (Å²) in [5.41, 5.74) is 1.03. The Hall–Kier alpha value is -0.980.